The number of nitrogens with zero attached hydrogens (tertiary/aromatic N) is 3. The highest BCUT2D eigenvalue weighted by atomic mass is 32.2. The van der Waals surface area contributed by atoms with Crippen molar-refractivity contribution >= 4 is 15.9 Å². The van der Waals surface area contributed by atoms with Crippen LogP contribution < -0.4 is 0 Å². The molecule has 1 N–H and O–H groups in total. The first-order chi connectivity index (χ1) is 9.87. The summed E-state index contributed by atoms with van der Waals surface area (Å²) in [6.07, 6.45) is 1.33. The summed E-state index contributed by atoms with van der Waals surface area (Å²) in [6.45, 7) is 6.92. The van der Waals surface area contributed by atoms with Crippen LogP contribution in [-0.4, -0.2) is 59.9 Å². The molecule has 0 spiro atoms. The molecule has 118 valence electrons. The molecule has 1 amide bonds. The Morgan fingerprint density at radius 1 is 1.24 bits per heavy atom. The number of hydrogen-bond acceptors (Lipinski definition) is 4. The van der Waals surface area contributed by atoms with Crippen LogP contribution in [0, 0.1) is 13.8 Å². The molecule has 0 unspecified atom stereocenters. The van der Waals surface area contributed by atoms with Crippen LogP contribution in [0.4, 0.5) is 0 Å². The summed E-state index contributed by atoms with van der Waals surface area (Å²) in [6, 6.07) is 0. The van der Waals surface area contributed by atoms with Gasteiger partial charge in [-0.15, -0.1) is 0 Å². The number of carbonyl (C=O) groups excluding carboxylic acids is 1. The molecule has 0 aromatic carbocycles. The summed E-state index contributed by atoms with van der Waals surface area (Å²) in [4.78, 5) is 13.8. The highest BCUT2D eigenvalue weighted by molar-refractivity contribution is 7.89. The molecule has 1 aromatic rings. The highest BCUT2D eigenvalue weighted by Crippen LogP contribution is 2.22. The maximum absolute atomic E-state index is 12.7. The van der Waals surface area contributed by atoms with E-state index in [1.54, 1.807) is 18.7 Å². The topological polar surface area (TPSA) is 86.4 Å². The summed E-state index contributed by atoms with van der Waals surface area (Å²) in [7, 11) is -3.54. The van der Waals surface area contributed by atoms with Crippen LogP contribution in [-0.2, 0) is 14.8 Å². The number of hydrogen-bond donors (Lipinski definition) is 1. The van der Waals surface area contributed by atoms with Crippen molar-refractivity contribution in [2.75, 3.05) is 26.2 Å². The van der Waals surface area contributed by atoms with E-state index in [1.165, 1.54) is 4.31 Å². The van der Waals surface area contributed by atoms with Gasteiger partial charge < -0.3 is 4.90 Å². The van der Waals surface area contributed by atoms with Crippen molar-refractivity contribution in [3.05, 3.63) is 11.4 Å². The molecule has 7 nitrogen and oxygen atoms in total. The van der Waals surface area contributed by atoms with Crippen molar-refractivity contribution in [3.63, 3.8) is 0 Å². The number of piperazine rings is 1. The Kier molecular flexibility index (Phi) is 4.67. The van der Waals surface area contributed by atoms with E-state index in [9.17, 15) is 13.2 Å². The van der Waals surface area contributed by atoms with E-state index in [-0.39, 0.29) is 10.8 Å². The predicted molar refractivity (Wildman–Crippen MR) is 78.3 cm³/mol. The molecule has 1 fully saturated rings. The molecule has 0 aliphatic carbocycles. The van der Waals surface area contributed by atoms with Gasteiger partial charge in [-0.3, -0.25) is 9.89 Å². The third-order valence-electron chi connectivity index (χ3n) is 3.71. The van der Waals surface area contributed by atoms with Crippen LogP contribution in [0.3, 0.4) is 0 Å². The minimum atomic E-state index is -3.54. The summed E-state index contributed by atoms with van der Waals surface area (Å²) >= 11 is 0. The first-order valence-electron chi connectivity index (χ1n) is 7.17. The largest absolute Gasteiger partial charge is 0.340 e. The van der Waals surface area contributed by atoms with E-state index in [1.807, 2.05) is 6.92 Å². The minimum Gasteiger partial charge on any atom is -0.340 e. The molecular formula is C13H22N4O3S. The summed E-state index contributed by atoms with van der Waals surface area (Å²) < 4.78 is 26.7. The maximum atomic E-state index is 12.7. The fourth-order valence-corrected chi connectivity index (χ4v) is 4.35. The SMILES string of the molecule is CCCC(=O)N1CCN(S(=O)(=O)c2c(C)n[nH]c2C)CC1. The van der Waals surface area contributed by atoms with Crippen molar-refractivity contribution in [2.45, 2.75) is 38.5 Å². The van der Waals surface area contributed by atoms with Crippen LogP contribution in [0.5, 0.6) is 0 Å². The van der Waals surface area contributed by atoms with Crippen molar-refractivity contribution in [3.8, 4) is 0 Å². The number of aromatic nitrogens is 2. The van der Waals surface area contributed by atoms with E-state index in [0.717, 1.165) is 6.42 Å². The van der Waals surface area contributed by atoms with Gasteiger partial charge >= 0.3 is 0 Å². The van der Waals surface area contributed by atoms with Gasteiger partial charge in [0.15, 0.2) is 0 Å². The Balaban J connectivity index is 2.10. The molecule has 1 aromatic heterocycles. The molecule has 0 saturated carbocycles. The van der Waals surface area contributed by atoms with Crippen LogP contribution in [0.15, 0.2) is 4.90 Å². The van der Waals surface area contributed by atoms with Crippen LogP contribution >= 0.6 is 0 Å². The second-order valence-electron chi connectivity index (χ2n) is 5.30. The Bertz CT molecular complexity index is 596. The molecule has 1 aliphatic heterocycles. The van der Waals surface area contributed by atoms with Gasteiger partial charge in [-0.2, -0.15) is 9.40 Å². The lowest BCUT2D eigenvalue weighted by atomic mass is 10.2. The molecule has 1 aliphatic rings. The lowest BCUT2D eigenvalue weighted by molar-refractivity contribution is -0.132. The van der Waals surface area contributed by atoms with Gasteiger partial charge in [0.1, 0.15) is 4.90 Å². The zero-order valence-corrected chi connectivity index (χ0v) is 13.5. The lowest BCUT2D eigenvalue weighted by Crippen LogP contribution is -2.50. The standard InChI is InChI=1S/C13H22N4O3S/c1-4-5-12(18)16-6-8-17(9-7-16)21(19,20)13-10(2)14-15-11(13)3/h4-9H2,1-3H3,(H,14,15). The Morgan fingerprint density at radius 3 is 2.33 bits per heavy atom. The van der Waals surface area contributed by atoms with Crippen molar-refractivity contribution < 1.29 is 13.2 Å². The average molecular weight is 314 g/mol. The van der Waals surface area contributed by atoms with Crippen LogP contribution in [0.25, 0.3) is 0 Å². The molecule has 0 atom stereocenters. The molecule has 8 heteroatoms. The Hall–Kier alpha value is -1.41. The van der Waals surface area contributed by atoms with E-state index < -0.39 is 10.0 Å². The van der Waals surface area contributed by atoms with Crippen molar-refractivity contribution in [1.82, 2.24) is 19.4 Å². The zero-order chi connectivity index (χ0) is 15.6. The second kappa shape index (κ2) is 6.15. The Morgan fingerprint density at radius 2 is 1.86 bits per heavy atom. The van der Waals surface area contributed by atoms with Gasteiger partial charge in [0, 0.05) is 32.6 Å². The molecule has 21 heavy (non-hydrogen) atoms. The second-order valence-corrected chi connectivity index (χ2v) is 7.17. The molecule has 2 heterocycles. The molecule has 1 saturated heterocycles. The number of nitrogens with one attached hydrogen (secondary N) is 1. The van der Waals surface area contributed by atoms with Gasteiger partial charge in [0.05, 0.1) is 11.4 Å². The fourth-order valence-electron chi connectivity index (χ4n) is 2.60. The average Bonchev–Trinajstić information content (AvgIpc) is 2.79. The normalized spacial score (nSPS) is 17.2. The number of H-pyrrole nitrogens is 1. The number of sulfonamides is 1. The van der Waals surface area contributed by atoms with Crippen molar-refractivity contribution in [1.29, 1.82) is 0 Å². The number of aromatic amines is 1. The minimum absolute atomic E-state index is 0.102. The first-order valence-corrected chi connectivity index (χ1v) is 8.61. The molecular weight excluding hydrogens is 292 g/mol. The van der Waals surface area contributed by atoms with E-state index >= 15 is 0 Å². The van der Waals surface area contributed by atoms with Gasteiger partial charge in [-0.25, -0.2) is 8.42 Å². The van der Waals surface area contributed by atoms with E-state index in [4.69, 9.17) is 0 Å². The number of carbonyl (C=O) groups is 1. The Labute approximate surface area is 125 Å². The van der Waals surface area contributed by atoms with Gasteiger partial charge in [-0.05, 0) is 20.3 Å². The van der Waals surface area contributed by atoms with Crippen LogP contribution in [0.1, 0.15) is 31.2 Å². The van der Waals surface area contributed by atoms with E-state index in [0.29, 0.717) is 44.0 Å². The quantitative estimate of drug-likeness (QED) is 0.884. The lowest BCUT2D eigenvalue weighted by Gasteiger charge is -2.34. The highest BCUT2D eigenvalue weighted by Gasteiger charge is 2.32. The third kappa shape index (κ3) is 3.11. The maximum Gasteiger partial charge on any atom is 0.246 e. The van der Waals surface area contributed by atoms with Crippen LogP contribution in [0.2, 0.25) is 0 Å². The molecule has 0 bridgehead atoms. The van der Waals surface area contributed by atoms with Gasteiger partial charge in [-0.1, -0.05) is 6.92 Å². The van der Waals surface area contributed by atoms with Gasteiger partial charge in [0.2, 0.25) is 15.9 Å². The zero-order valence-electron chi connectivity index (χ0n) is 12.7. The fraction of sp³-hybridized carbons (Fsp3) is 0.692. The molecule has 0 radical (unpaired) electrons. The summed E-state index contributed by atoms with van der Waals surface area (Å²) in [5.41, 5.74) is 1.04. The summed E-state index contributed by atoms with van der Waals surface area (Å²) in [5, 5.41) is 6.65. The van der Waals surface area contributed by atoms with Crippen molar-refractivity contribution in [2.24, 2.45) is 0 Å². The predicted octanol–water partition coefficient (Wildman–Crippen LogP) is 0.660. The van der Waals surface area contributed by atoms with E-state index in [2.05, 4.69) is 10.2 Å². The monoisotopic (exact) mass is 314 g/mol. The number of rotatable bonds is 4. The molecule has 2 rings (SSSR count). The smallest absolute Gasteiger partial charge is 0.246 e. The number of aryl methyl sites for hydroxylation is 2. The van der Waals surface area contributed by atoms with Gasteiger partial charge in [0.25, 0.3) is 0 Å². The first kappa shape index (κ1) is 16.0. The third-order valence-corrected chi connectivity index (χ3v) is 5.88. The number of amides is 1. The summed E-state index contributed by atoms with van der Waals surface area (Å²) in [5.74, 6) is 0.102.